The highest BCUT2D eigenvalue weighted by atomic mass is 16.3. The van der Waals surface area contributed by atoms with Crippen LogP contribution in [0.25, 0.3) is 17.0 Å². The number of hydrogen-bond donors (Lipinski definition) is 1. The highest BCUT2D eigenvalue weighted by molar-refractivity contribution is 6.03. The van der Waals surface area contributed by atoms with Crippen LogP contribution >= 0.6 is 0 Å². The lowest BCUT2D eigenvalue weighted by Crippen LogP contribution is -2.12. The first-order valence-corrected chi connectivity index (χ1v) is 8.56. The number of nitrogens with one attached hydrogen (secondary N) is 1. The fourth-order valence-electron chi connectivity index (χ4n) is 2.88. The molecule has 0 bridgehead atoms. The summed E-state index contributed by atoms with van der Waals surface area (Å²) in [6.07, 6.45) is 4.22. The van der Waals surface area contributed by atoms with Crippen molar-refractivity contribution in [1.82, 2.24) is 0 Å². The Morgan fingerprint density at radius 2 is 1.88 bits per heavy atom. The molecule has 1 aromatic heterocycles. The Morgan fingerprint density at radius 3 is 2.65 bits per heavy atom. The predicted molar refractivity (Wildman–Crippen MR) is 105 cm³/mol. The van der Waals surface area contributed by atoms with Gasteiger partial charge < -0.3 is 9.73 Å². The number of hydrogen-bond acceptors (Lipinski definition) is 3. The van der Waals surface area contributed by atoms with E-state index in [-0.39, 0.29) is 11.3 Å². The summed E-state index contributed by atoms with van der Waals surface area (Å²) >= 11 is 0. The molecule has 3 aromatic rings. The van der Waals surface area contributed by atoms with E-state index in [0.29, 0.717) is 22.5 Å². The summed E-state index contributed by atoms with van der Waals surface area (Å²) < 4.78 is 5.46. The van der Waals surface area contributed by atoms with Crippen LogP contribution in [0, 0.1) is 6.92 Å². The van der Waals surface area contributed by atoms with E-state index in [0.717, 1.165) is 16.8 Å². The number of carbonyl (C=O) groups excluding carboxylic acids is 1. The van der Waals surface area contributed by atoms with Gasteiger partial charge in [-0.3, -0.25) is 9.59 Å². The van der Waals surface area contributed by atoms with Crippen molar-refractivity contribution in [3.8, 4) is 0 Å². The number of carbonyl (C=O) groups is 1. The Morgan fingerprint density at radius 1 is 1.12 bits per heavy atom. The van der Waals surface area contributed by atoms with E-state index in [1.807, 2.05) is 31.2 Å². The molecule has 4 nitrogen and oxygen atoms in total. The Hall–Kier alpha value is -3.14. The molecule has 0 aliphatic rings. The zero-order valence-electron chi connectivity index (χ0n) is 15.1. The second-order valence-corrected chi connectivity index (χ2v) is 6.53. The van der Waals surface area contributed by atoms with Gasteiger partial charge in [0.05, 0.1) is 10.9 Å². The van der Waals surface area contributed by atoms with E-state index in [1.54, 1.807) is 18.2 Å². The van der Waals surface area contributed by atoms with Crippen LogP contribution in [0.15, 0.2) is 64.0 Å². The predicted octanol–water partition coefficient (Wildman–Crippen LogP) is 4.88. The summed E-state index contributed by atoms with van der Waals surface area (Å²) in [6, 6.07) is 13.0. The van der Waals surface area contributed by atoms with Crippen LogP contribution in [-0.2, 0) is 4.79 Å². The largest absolute Gasteiger partial charge is 0.463 e. The van der Waals surface area contributed by atoms with Crippen LogP contribution in [0.5, 0.6) is 0 Å². The molecular formula is C22H21NO3. The van der Waals surface area contributed by atoms with Crippen molar-refractivity contribution < 1.29 is 9.21 Å². The molecule has 0 unspecified atom stereocenters. The van der Waals surface area contributed by atoms with Gasteiger partial charge in [0.25, 0.3) is 0 Å². The number of benzene rings is 2. The van der Waals surface area contributed by atoms with Crippen LogP contribution in [0.2, 0.25) is 0 Å². The number of para-hydroxylation sites is 2. The molecule has 0 spiro atoms. The van der Waals surface area contributed by atoms with Crippen molar-refractivity contribution in [1.29, 1.82) is 0 Å². The number of anilines is 1. The topological polar surface area (TPSA) is 59.3 Å². The van der Waals surface area contributed by atoms with Gasteiger partial charge in [0.2, 0.25) is 5.91 Å². The lowest BCUT2D eigenvalue weighted by atomic mass is 9.98. The summed E-state index contributed by atoms with van der Waals surface area (Å²) in [6.45, 7) is 6.13. The lowest BCUT2D eigenvalue weighted by Gasteiger charge is -2.15. The third kappa shape index (κ3) is 3.59. The molecule has 2 aromatic carbocycles. The maximum atomic E-state index is 12.5. The highest BCUT2D eigenvalue weighted by Gasteiger charge is 2.11. The van der Waals surface area contributed by atoms with Gasteiger partial charge in [0.1, 0.15) is 11.8 Å². The van der Waals surface area contributed by atoms with Gasteiger partial charge in [-0.25, -0.2) is 0 Å². The Kier molecular flexibility index (Phi) is 5.03. The molecular weight excluding hydrogens is 326 g/mol. The summed E-state index contributed by atoms with van der Waals surface area (Å²) in [7, 11) is 0. The Labute approximate surface area is 152 Å². The molecule has 1 heterocycles. The van der Waals surface area contributed by atoms with E-state index in [4.69, 9.17) is 4.42 Å². The first-order chi connectivity index (χ1) is 12.5. The molecule has 132 valence electrons. The molecule has 0 aliphatic heterocycles. The van der Waals surface area contributed by atoms with Crippen LogP contribution in [0.1, 0.15) is 36.5 Å². The maximum Gasteiger partial charge on any atom is 0.248 e. The first-order valence-electron chi connectivity index (χ1n) is 8.56. The van der Waals surface area contributed by atoms with Gasteiger partial charge in [-0.05, 0) is 42.2 Å². The average Bonchev–Trinajstić information content (AvgIpc) is 2.63. The average molecular weight is 347 g/mol. The minimum absolute atomic E-state index is 0.158. The van der Waals surface area contributed by atoms with Crippen molar-refractivity contribution in [2.75, 3.05) is 5.32 Å². The Bertz CT molecular complexity index is 1040. The number of fused-ring (bicyclic) bond motifs is 1. The minimum Gasteiger partial charge on any atom is -0.463 e. The van der Waals surface area contributed by atoms with Crippen LogP contribution in [0.3, 0.4) is 0 Å². The van der Waals surface area contributed by atoms with Crippen molar-refractivity contribution in [2.24, 2.45) is 0 Å². The molecule has 0 saturated heterocycles. The highest BCUT2D eigenvalue weighted by Crippen LogP contribution is 2.27. The van der Waals surface area contributed by atoms with Gasteiger partial charge >= 0.3 is 0 Å². The van der Waals surface area contributed by atoms with Crippen molar-refractivity contribution in [3.63, 3.8) is 0 Å². The molecule has 0 radical (unpaired) electrons. The van der Waals surface area contributed by atoms with Crippen molar-refractivity contribution in [2.45, 2.75) is 26.7 Å². The molecule has 26 heavy (non-hydrogen) atoms. The molecule has 3 rings (SSSR count). The fourth-order valence-corrected chi connectivity index (χ4v) is 2.88. The molecule has 0 saturated carbocycles. The minimum atomic E-state index is -0.284. The summed E-state index contributed by atoms with van der Waals surface area (Å²) in [4.78, 5) is 24.8. The van der Waals surface area contributed by atoms with Gasteiger partial charge in [0, 0.05) is 11.8 Å². The van der Waals surface area contributed by atoms with Crippen LogP contribution in [0.4, 0.5) is 5.69 Å². The van der Waals surface area contributed by atoms with Crippen LogP contribution in [-0.4, -0.2) is 5.91 Å². The number of amides is 1. The first kappa shape index (κ1) is 17.7. The van der Waals surface area contributed by atoms with E-state index in [1.165, 1.54) is 18.4 Å². The summed E-state index contributed by atoms with van der Waals surface area (Å²) in [5, 5.41) is 3.42. The molecule has 4 heteroatoms. The summed E-state index contributed by atoms with van der Waals surface area (Å²) in [5.74, 6) is 0.00969. The standard InChI is InChI=1S/C22H21NO3/c1-14(2)17-9-6-7-15(3)21(17)23-20(24)12-11-16-13-26-19-10-5-4-8-18(19)22(16)25/h4-14H,1-3H3,(H,23,24)/b12-11+. The normalized spacial score (nSPS) is 11.4. The molecule has 0 fully saturated rings. The van der Waals surface area contributed by atoms with Crippen LogP contribution < -0.4 is 10.7 Å². The van der Waals surface area contributed by atoms with Crippen molar-refractivity contribution in [3.05, 3.63) is 81.7 Å². The monoisotopic (exact) mass is 347 g/mol. The second-order valence-electron chi connectivity index (χ2n) is 6.53. The van der Waals surface area contributed by atoms with E-state index < -0.39 is 0 Å². The van der Waals surface area contributed by atoms with E-state index >= 15 is 0 Å². The third-order valence-electron chi connectivity index (χ3n) is 4.30. The third-order valence-corrected chi connectivity index (χ3v) is 4.30. The quantitative estimate of drug-likeness (QED) is 0.685. The van der Waals surface area contributed by atoms with E-state index in [2.05, 4.69) is 19.2 Å². The molecule has 1 amide bonds. The molecule has 0 atom stereocenters. The van der Waals surface area contributed by atoms with Crippen molar-refractivity contribution >= 4 is 28.6 Å². The second kappa shape index (κ2) is 7.40. The SMILES string of the molecule is Cc1cccc(C(C)C)c1NC(=O)/C=C/c1coc2ccccc2c1=O. The number of aryl methyl sites for hydroxylation is 1. The van der Waals surface area contributed by atoms with Gasteiger partial charge in [-0.2, -0.15) is 0 Å². The smallest absolute Gasteiger partial charge is 0.248 e. The lowest BCUT2D eigenvalue weighted by molar-refractivity contribution is -0.111. The maximum absolute atomic E-state index is 12.5. The molecule has 1 N–H and O–H groups in total. The zero-order valence-corrected chi connectivity index (χ0v) is 15.1. The Balaban J connectivity index is 1.86. The van der Waals surface area contributed by atoms with Gasteiger partial charge in [-0.15, -0.1) is 0 Å². The summed E-state index contributed by atoms with van der Waals surface area (Å²) in [5.41, 5.74) is 3.62. The fraction of sp³-hybridized carbons (Fsp3) is 0.182. The van der Waals surface area contributed by atoms with E-state index in [9.17, 15) is 9.59 Å². The zero-order chi connectivity index (χ0) is 18.7. The van der Waals surface area contributed by atoms with Gasteiger partial charge in [-0.1, -0.05) is 44.2 Å². The number of rotatable bonds is 4. The van der Waals surface area contributed by atoms with Gasteiger partial charge in [0.15, 0.2) is 5.43 Å². The molecule has 0 aliphatic carbocycles.